The molecule has 3 nitrogen and oxygen atoms in total. The first-order chi connectivity index (χ1) is 10.6. The van der Waals surface area contributed by atoms with Gasteiger partial charge in [-0.3, -0.25) is 4.79 Å². The van der Waals surface area contributed by atoms with E-state index in [0.29, 0.717) is 18.9 Å². The molecule has 0 aliphatic heterocycles. The number of rotatable bonds is 7. The molecule has 0 saturated heterocycles. The van der Waals surface area contributed by atoms with Gasteiger partial charge in [0.15, 0.2) is 0 Å². The maximum Gasteiger partial charge on any atom is 0.223 e. The summed E-state index contributed by atoms with van der Waals surface area (Å²) in [5.41, 5.74) is 2.41. The first kappa shape index (κ1) is 16.7. The van der Waals surface area contributed by atoms with Gasteiger partial charge in [-0.15, -0.1) is 11.3 Å². The van der Waals surface area contributed by atoms with E-state index in [0.717, 1.165) is 10.4 Å². The summed E-state index contributed by atoms with van der Waals surface area (Å²) < 4.78 is 4.97. The van der Waals surface area contributed by atoms with Crippen molar-refractivity contribution in [3.8, 4) is 0 Å². The number of hydrogen-bond donors (Lipinski definition) is 1. The number of carbonyl (C=O) groups is 1. The van der Waals surface area contributed by atoms with Crippen LogP contribution in [0.15, 0.2) is 41.8 Å². The molecule has 0 spiro atoms. The van der Waals surface area contributed by atoms with E-state index in [1.165, 1.54) is 5.56 Å². The zero-order chi connectivity index (χ0) is 15.9. The second-order valence-corrected chi connectivity index (χ2v) is 6.56. The van der Waals surface area contributed by atoms with Crippen LogP contribution in [-0.2, 0) is 9.53 Å². The molecule has 1 unspecified atom stereocenters. The fourth-order valence-electron chi connectivity index (χ4n) is 2.28. The van der Waals surface area contributed by atoms with Gasteiger partial charge in [-0.05, 0) is 28.5 Å². The predicted octanol–water partition coefficient (Wildman–Crippen LogP) is 4.11. The fourth-order valence-corrected chi connectivity index (χ4v) is 3.08. The van der Waals surface area contributed by atoms with Crippen LogP contribution in [0, 0.1) is 0 Å². The van der Waals surface area contributed by atoms with Crippen LogP contribution in [0.1, 0.15) is 48.2 Å². The third-order valence-electron chi connectivity index (χ3n) is 3.60. The Hall–Kier alpha value is -1.65. The van der Waals surface area contributed by atoms with Crippen LogP contribution in [-0.4, -0.2) is 19.6 Å². The molecule has 1 heterocycles. The molecule has 0 aliphatic rings. The van der Waals surface area contributed by atoms with Crippen LogP contribution in [0.4, 0.5) is 0 Å². The summed E-state index contributed by atoms with van der Waals surface area (Å²) in [6.07, 6.45) is 0.377. The van der Waals surface area contributed by atoms with Crippen molar-refractivity contribution in [1.29, 1.82) is 0 Å². The smallest absolute Gasteiger partial charge is 0.223 e. The third-order valence-corrected chi connectivity index (χ3v) is 4.54. The molecule has 0 fully saturated rings. The van der Waals surface area contributed by atoms with Gasteiger partial charge in [0, 0.05) is 18.4 Å². The summed E-state index contributed by atoms with van der Waals surface area (Å²) in [6.45, 7) is 4.80. The molecule has 1 aromatic carbocycles. The lowest BCUT2D eigenvalue weighted by Crippen LogP contribution is -2.29. The molecule has 1 amide bonds. The van der Waals surface area contributed by atoms with E-state index >= 15 is 0 Å². The zero-order valence-corrected chi connectivity index (χ0v) is 14.2. The highest BCUT2D eigenvalue weighted by atomic mass is 32.1. The van der Waals surface area contributed by atoms with Gasteiger partial charge in [0.1, 0.15) is 0 Å². The SMILES string of the molecule is COCCC(=O)NC(c1ccc(C(C)C)cc1)c1cccs1. The molecule has 1 aromatic heterocycles. The second kappa shape index (κ2) is 8.11. The van der Waals surface area contributed by atoms with Crippen molar-refractivity contribution in [2.45, 2.75) is 32.2 Å². The Morgan fingerprint density at radius 2 is 1.86 bits per heavy atom. The Balaban J connectivity index is 2.19. The van der Waals surface area contributed by atoms with Gasteiger partial charge in [-0.25, -0.2) is 0 Å². The van der Waals surface area contributed by atoms with Gasteiger partial charge >= 0.3 is 0 Å². The summed E-state index contributed by atoms with van der Waals surface area (Å²) >= 11 is 1.66. The van der Waals surface area contributed by atoms with Crippen molar-refractivity contribution >= 4 is 17.2 Å². The van der Waals surface area contributed by atoms with Crippen molar-refractivity contribution in [2.24, 2.45) is 0 Å². The number of carbonyl (C=O) groups excluding carboxylic acids is 1. The molecule has 118 valence electrons. The molecule has 2 rings (SSSR count). The molecule has 22 heavy (non-hydrogen) atoms. The number of ether oxygens (including phenoxy) is 1. The highest BCUT2D eigenvalue weighted by molar-refractivity contribution is 7.10. The average Bonchev–Trinajstić information content (AvgIpc) is 3.05. The van der Waals surface area contributed by atoms with Crippen molar-refractivity contribution < 1.29 is 9.53 Å². The zero-order valence-electron chi connectivity index (χ0n) is 13.3. The Kier molecular flexibility index (Phi) is 6.16. The largest absolute Gasteiger partial charge is 0.384 e. The molecular formula is C18H23NO2S. The van der Waals surface area contributed by atoms with Gasteiger partial charge < -0.3 is 10.1 Å². The lowest BCUT2D eigenvalue weighted by atomic mass is 9.98. The van der Waals surface area contributed by atoms with E-state index in [1.54, 1.807) is 18.4 Å². The molecule has 4 heteroatoms. The molecule has 2 aromatic rings. The summed E-state index contributed by atoms with van der Waals surface area (Å²) in [5.74, 6) is 0.513. The number of thiophene rings is 1. The molecule has 0 aliphatic carbocycles. The second-order valence-electron chi connectivity index (χ2n) is 5.58. The minimum absolute atomic E-state index is 0.00758. The number of hydrogen-bond acceptors (Lipinski definition) is 3. The van der Waals surface area contributed by atoms with Crippen LogP contribution in [0.3, 0.4) is 0 Å². The van der Waals surface area contributed by atoms with Gasteiger partial charge in [0.2, 0.25) is 5.91 Å². The monoisotopic (exact) mass is 317 g/mol. The Morgan fingerprint density at radius 3 is 2.41 bits per heavy atom. The first-order valence-electron chi connectivity index (χ1n) is 7.53. The molecule has 0 radical (unpaired) electrons. The van der Waals surface area contributed by atoms with Crippen molar-refractivity contribution in [3.05, 3.63) is 57.8 Å². The average molecular weight is 317 g/mol. The van der Waals surface area contributed by atoms with Crippen LogP contribution in [0.25, 0.3) is 0 Å². The van der Waals surface area contributed by atoms with Gasteiger partial charge in [-0.1, -0.05) is 44.2 Å². The summed E-state index contributed by atoms with van der Waals surface area (Å²) in [6, 6.07) is 12.5. The summed E-state index contributed by atoms with van der Waals surface area (Å²) in [4.78, 5) is 13.2. The number of methoxy groups -OCH3 is 1. The minimum atomic E-state index is -0.0921. The number of nitrogens with one attached hydrogen (secondary N) is 1. The van der Waals surface area contributed by atoms with E-state index < -0.39 is 0 Å². The Labute approximate surface area is 136 Å². The van der Waals surface area contributed by atoms with Crippen molar-refractivity contribution in [2.75, 3.05) is 13.7 Å². The topological polar surface area (TPSA) is 38.3 Å². The van der Waals surface area contributed by atoms with Crippen LogP contribution in [0.5, 0.6) is 0 Å². The Morgan fingerprint density at radius 1 is 1.18 bits per heavy atom. The van der Waals surface area contributed by atoms with E-state index in [2.05, 4.69) is 49.5 Å². The Bertz CT molecular complexity index is 576. The van der Waals surface area contributed by atoms with E-state index in [9.17, 15) is 4.79 Å². The van der Waals surface area contributed by atoms with E-state index in [4.69, 9.17) is 4.74 Å². The van der Waals surface area contributed by atoms with Crippen molar-refractivity contribution in [1.82, 2.24) is 5.32 Å². The maximum absolute atomic E-state index is 12.1. The van der Waals surface area contributed by atoms with Gasteiger partial charge in [0.05, 0.1) is 12.6 Å². The quantitative estimate of drug-likeness (QED) is 0.834. The molecule has 1 N–H and O–H groups in total. The summed E-state index contributed by atoms with van der Waals surface area (Å²) in [5, 5.41) is 5.14. The molecule has 1 atom stereocenters. The number of amides is 1. The highest BCUT2D eigenvalue weighted by Gasteiger charge is 2.17. The molecular weight excluding hydrogens is 294 g/mol. The lowest BCUT2D eigenvalue weighted by Gasteiger charge is -2.19. The van der Waals surface area contributed by atoms with E-state index in [1.807, 2.05) is 11.4 Å². The third kappa shape index (κ3) is 4.42. The predicted molar refractivity (Wildman–Crippen MR) is 91.3 cm³/mol. The fraction of sp³-hybridized carbons (Fsp3) is 0.389. The van der Waals surface area contributed by atoms with Crippen LogP contribution >= 0.6 is 11.3 Å². The molecule has 0 bridgehead atoms. The normalized spacial score (nSPS) is 12.4. The van der Waals surface area contributed by atoms with Gasteiger partial charge in [-0.2, -0.15) is 0 Å². The van der Waals surface area contributed by atoms with Crippen LogP contribution < -0.4 is 5.32 Å². The maximum atomic E-state index is 12.1. The van der Waals surface area contributed by atoms with E-state index in [-0.39, 0.29) is 11.9 Å². The van der Waals surface area contributed by atoms with Gasteiger partial charge in [0.25, 0.3) is 0 Å². The van der Waals surface area contributed by atoms with Crippen molar-refractivity contribution in [3.63, 3.8) is 0 Å². The number of benzene rings is 1. The molecule has 0 saturated carbocycles. The standard InChI is InChI=1S/C18H23NO2S/c1-13(2)14-6-8-15(9-7-14)18(16-5-4-12-22-16)19-17(20)10-11-21-3/h4-9,12-13,18H,10-11H2,1-3H3,(H,19,20). The minimum Gasteiger partial charge on any atom is -0.384 e. The first-order valence-corrected chi connectivity index (χ1v) is 8.41. The highest BCUT2D eigenvalue weighted by Crippen LogP contribution is 2.27. The lowest BCUT2D eigenvalue weighted by molar-refractivity contribution is -0.122. The summed E-state index contributed by atoms with van der Waals surface area (Å²) in [7, 11) is 1.61. The van der Waals surface area contributed by atoms with Crippen LogP contribution in [0.2, 0.25) is 0 Å².